The highest BCUT2D eigenvalue weighted by molar-refractivity contribution is 6.35. The van der Waals surface area contributed by atoms with Crippen LogP contribution < -0.4 is 15.1 Å². The van der Waals surface area contributed by atoms with Crippen molar-refractivity contribution in [1.82, 2.24) is 23.9 Å². The number of hydrogen-bond acceptors (Lipinski definition) is 12. The summed E-state index contributed by atoms with van der Waals surface area (Å²) in [6.07, 6.45) is 8.06. The van der Waals surface area contributed by atoms with Crippen LogP contribution in [0, 0.1) is 5.82 Å². The van der Waals surface area contributed by atoms with E-state index in [4.69, 9.17) is 76.3 Å². The lowest BCUT2D eigenvalue weighted by Crippen LogP contribution is -2.44. The van der Waals surface area contributed by atoms with Crippen molar-refractivity contribution in [2.45, 2.75) is 88.4 Å². The SMILES string of the molecule is CC/C(=C(\c1ccccc1)c1ccc(OCCN(C)C)cc1)c1ccccc1.CN1C[C@@H]2C[C@H]1CN2c1cc2c(cc1F)c(=O)c(C(=O)O)cn2C1CC1.Clc1ccc(COC(Cn2ccnc2)c2ccc(Cl)cc2Cl)c(Cl)c1.O=C(O)CC(O)(CC(=O)O)C(=O)O. The molecule has 2 aromatic heterocycles. The van der Waals surface area contributed by atoms with Gasteiger partial charge in [0.25, 0.3) is 0 Å². The number of aliphatic carboxylic acids is 3. The molecule has 2 saturated heterocycles. The molecule has 4 heterocycles. The minimum atomic E-state index is -2.74. The van der Waals surface area contributed by atoms with E-state index in [0.717, 1.165) is 62.2 Å². The topological polar surface area (TPSA) is 237 Å². The van der Waals surface area contributed by atoms with Crippen LogP contribution in [-0.4, -0.2) is 138 Å². The second kappa shape index (κ2) is 32.0. The van der Waals surface area contributed by atoms with Crippen LogP contribution in [0.3, 0.4) is 0 Å². The average molecular weight is 1340 g/mol. The highest BCUT2D eigenvalue weighted by atomic mass is 35.5. The number of halogens is 5. The first-order valence-corrected chi connectivity index (χ1v) is 31.1. The first-order chi connectivity index (χ1) is 43.9. The van der Waals surface area contributed by atoms with Crippen LogP contribution in [0.5, 0.6) is 5.75 Å². The van der Waals surface area contributed by atoms with E-state index in [9.17, 15) is 33.5 Å². The minimum absolute atomic E-state index is 0.152. The lowest BCUT2D eigenvalue weighted by atomic mass is 9.88. The van der Waals surface area contributed by atoms with E-state index < -0.39 is 53.6 Å². The highest BCUT2D eigenvalue weighted by Crippen LogP contribution is 2.41. The molecule has 18 nitrogen and oxygen atoms in total. The van der Waals surface area contributed by atoms with Gasteiger partial charge in [0.2, 0.25) is 5.43 Å². The number of aromatic nitrogens is 3. The van der Waals surface area contributed by atoms with E-state index in [-0.39, 0.29) is 29.1 Å². The van der Waals surface area contributed by atoms with Crippen LogP contribution in [0.1, 0.15) is 95.8 Å². The Kier molecular flexibility index (Phi) is 24.2. The van der Waals surface area contributed by atoms with Crippen LogP contribution in [0.4, 0.5) is 10.1 Å². The maximum absolute atomic E-state index is 14.9. The summed E-state index contributed by atoms with van der Waals surface area (Å²) in [5, 5.41) is 45.6. The molecule has 1 saturated carbocycles. The molecule has 0 spiro atoms. The zero-order chi connectivity index (χ0) is 66.4. The molecule has 1 aliphatic carbocycles. The summed E-state index contributed by atoms with van der Waals surface area (Å²) in [7, 11) is 6.20. The summed E-state index contributed by atoms with van der Waals surface area (Å²) < 4.78 is 30.7. The molecule has 2 bridgehead atoms. The van der Waals surface area contributed by atoms with E-state index in [1.165, 1.54) is 40.1 Å². The Labute approximate surface area is 551 Å². The fraction of sp³-hybridized carbons (Fsp3) is 0.304. The molecular formula is C69H71Cl4FN6O12. The van der Waals surface area contributed by atoms with Gasteiger partial charge in [-0.25, -0.2) is 19.0 Å². The van der Waals surface area contributed by atoms with Gasteiger partial charge in [0, 0.05) is 87.4 Å². The number of aliphatic hydroxyl groups is 1. The lowest BCUT2D eigenvalue weighted by Gasteiger charge is -2.34. The minimum Gasteiger partial charge on any atom is -0.492 e. The van der Waals surface area contributed by atoms with Crippen LogP contribution in [-0.2, 0) is 32.3 Å². The fourth-order valence-corrected chi connectivity index (χ4v) is 12.0. The molecule has 6 aromatic carbocycles. The number of likely N-dealkylation sites (tertiary alicyclic amines) is 1. The Morgan fingerprint density at radius 2 is 1.38 bits per heavy atom. The van der Waals surface area contributed by atoms with Gasteiger partial charge in [-0.3, -0.25) is 19.3 Å². The van der Waals surface area contributed by atoms with Crippen molar-refractivity contribution in [3.8, 4) is 5.75 Å². The van der Waals surface area contributed by atoms with Gasteiger partial charge in [0.05, 0.1) is 43.5 Å². The number of aromatic carboxylic acids is 1. The zero-order valence-electron chi connectivity index (χ0n) is 51.0. The average Bonchev–Trinajstić information content (AvgIpc) is 1.47. The maximum Gasteiger partial charge on any atom is 0.341 e. The molecule has 5 N–H and O–H groups in total. The van der Waals surface area contributed by atoms with Crippen molar-refractivity contribution in [3.63, 3.8) is 0 Å². The molecule has 11 rings (SSSR count). The standard InChI is InChI=1S/C26H29NO.C19H20FN3O3.C18H14Cl4N2O.C6H8O7/c1-4-25(21-11-7-5-8-12-21)26(22-13-9-6-10-14-22)23-15-17-24(18-16-23)28-20-19-27(2)3;1-21-7-12-4-11(21)8-22(12)17-6-16-13(5-15(17)20)18(24)14(19(25)26)9-23(16)10-2-3-10;19-13-2-1-12(16(21)7-13)10-25-18(9-24-6-5-23-11-24)15-4-3-14(20)8-17(15)22;7-3(8)1-6(13,5(11)12)2-4(9)10/h5-18H,4,19-20H2,1-3H3;5-6,9-12H,2-4,7-8H2,1H3,(H,25,26);1-8,11,18H,9-10H2;13H,1-2H2,(H,7,8)(H,9,10)(H,11,12)/b26-25-;;;/t;11-,12-;;/m.0../s1. The second-order valence-electron chi connectivity index (χ2n) is 22.8. The number of piperazine rings is 1. The molecule has 1 unspecified atom stereocenters. The summed E-state index contributed by atoms with van der Waals surface area (Å²) in [5.74, 6) is -5.82. The molecule has 3 aliphatic rings. The summed E-state index contributed by atoms with van der Waals surface area (Å²) in [6.45, 7) is 6.41. The summed E-state index contributed by atoms with van der Waals surface area (Å²) in [4.78, 5) is 65.0. The van der Waals surface area contributed by atoms with E-state index in [0.29, 0.717) is 57.1 Å². The lowest BCUT2D eigenvalue weighted by molar-refractivity contribution is -0.170. The fourth-order valence-electron chi connectivity index (χ4n) is 11.0. The number of carboxylic acid groups (broad SMARTS) is 4. The molecule has 92 heavy (non-hydrogen) atoms. The van der Waals surface area contributed by atoms with Crippen LogP contribution in [0.25, 0.3) is 22.0 Å². The first kappa shape index (κ1) is 69.8. The number of pyridine rings is 1. The second-order valence-corrected chi connectivity index (χ2v) is 24.5. The number of benzene rings is 6. The number of allylic oxidation sites excluding steroid dienone is 1. The summed E-state index contributed by atoms with van der Waals surface area (Å²) >= 11 is 24.5. The monoisotopic (exact) mass is 1330 g/mol. The third-order valence-corrected chi connectivity index (χ3v) is 17.0. The van der Waals surface area contributed by atoms with Gasteiger partial charge in [-0.1, -0.05) is 138 Å². The smallest absolute Gasteiger partial charge is 0.341 e. The number of nitrogens with zero attached hydrogens (tertiary/aromatic N) is 6. The number of rotatable bonds is 22. The number of anilines is 1. The van der Waals surface area contributed by atoms with Crippen molar-refractivity contribution in [2.24, 2.45) is 0 Å². The largest absolute Gasteiger partial charge is 0.492 e. The van der Waals surface area contributed by atoms with Crippen molar-refractivity contribution in [3.05, 3.63) is 228 Å². The predicted molar refractivity (Wildman–Crippen MR) is 355 cm³/mol. The number of likely N-dealkylation sites (N-methyl/N-ethyl adjacent to an activating group) is 2. The van der Waals surface area contributed by atoms with Crippen molar-refractivity contribution in [1.29, 1.82) is 0 Å². The van der Waals surface area contributed by atoms with Crippen LogP contribution in [0.2, 0.25) is 20.1 Å². The summed E-state index contributed by atoms with van der Waals surface area (Å²) in [6, 6.07) is 44.4. The van der Waals surface area contributed by atoms with Gasteiger partial charge in [-0.2, -0.15) is 0 Å². The van der Waals surface area contributed by atoms with Crippen LogP contribution in [0.15, 0.2) is 163 Å². The van der Waals surface area contributed by atoms with Crippen molar-refractivity contribution < 1.29 is 58.6 Å². The summed E-state index contributed by atoms with van der Waals surface area (Å²) in [5.41, 5.74) is 5.59. The Morgan fingerprint density at radius 3 is 1.90 bits per heavy atom. The molecule has 2 aliphatic heterocycles. The van der Waals surface area contributed by atoms with E-state index in [1.54, 1.807) is 42.9 Å². The van der Waals surface area contributed by atoms with E-state index >= 15 is 0 Å². The van der Waals surface area contributed by atoms with Gasteiger partial charge in [-0.05, 0) is 129 Å². The number of fused-ring (bicyclic) bond motifs is 3. The molecule has 0 amide bonds. The maximum atomic E-state index is 14.9. The van der Waals surface area contributed by atoms with Gasteiger partial charge < -0.3 is 53.9 Å². The number of ether oxygens (including phenoxy) is 2. The van der Waals surface area contributed by atoms with Crippen LogP contribution >= 0.6 is 46.4 Å². The third kappa shape index (κ3) is 18.3. The Bertz CT molecular complexity index is 3950. The molecule has 3 atom stereocenters. The third-order valence-electron chi connectivity index (χ3n) is 15.9. The van der Waals surface area contributed by atoms with Gasteiger partial charge in [-0.15, -0.1) is 0 Å². The Hall–Kier alpha value is -8.11. The molecule has 0 radical (unpaired) electrons. The normalized spacial score (nSPS) is 15.7. The van der Waals surface area contributed by atoms with Gasteiger partial charge in [0.15, 0.2) is 5.60 Å². The quantitative estimate of drug-likeness (QED) is 0.0397. The number of hydrogen-bond donors (Lipinski definition) is 5. The molecule has 3 fully saturated rings. The first-order valence-electron chi connectivity index (χ1n) is 29.6. The van der Waals surface area contributed by atoms with Crippen molar-refractivity contribution in [2.75, 3.05) is 52.3 Å². The highest BCUT2D eigenvalue weighted by Gasteiger charge is 2.43. The Morgan fingerprint density at radius 1 is 0.761 bits per heavy atom. The van der Waals surface area contributed by atoms with Gasteiger partial charge >= 0.3 is 23.9 Å². The Balaban J connectivity index is 0.000000163. The number of carboxylic acids is 4. The predicted octanol–water partition coefficient (Wildman–Crippen LogP) is 13.3. The number of carbonyl (C=O) groups is 4. The van der Waals surface area contributed by atoms with Crippen molar-refractivity contribution >= 4 is 98.0 Å². The molecule has 484 valence electrons. The molecule has 8 aromatic rings. The number of imidazole rings is 1. The van der Waals surface area contributed by atoms with E-state index in [1.807, 2.05) is 27.5 Å². The molecule has 23 heteroatoms. The van der Waals surface area contributed by atoms with Gasteiger partial charge in [0.1, 0.15) is 29.8 Å². The molecular weight excluding hydrogens is 1270 g/mol. The van der Waals surface area contributed by atoms with E-state index in [2.05, 4.69) is 133 Å². The zero-order valence-corrected chi connectivity index (χ0v) is 54.0.